The molecule has 0 spiro atoms. The lowest BCUT2D eigenvalue weighted by Crippen LogP contribution is -2.54. The summed E-state index contributed by atoms with van der Waals surface area (Å²) in [4.78, 5) is 0. The van der Waals surface area contributed by atoms with Crippen LogP contribution in [-0.2, 0) is 8.85 Å². The Morgan fingerprint density at radius 1 is 0.762 bits per heavy atom. The van der Waals surface area contributed by atoms with Gasteiger partial charge in [0.15, 0.2) is 0 Å². The number of rotatable bonds is 12. The highest BCUT2D eigenvalue weighted by Gasteiger charge is 2.39. The molecule has 0 aromatic heterocycles. The molecule has 0 radical (unpaired) electrons. The fourth-order valence-corrected chi connectivity index (χ4v) is 5.82. The van der Waals surface area contributed by atoms with Gasteiger partial charge in [0.25, 0.3) is 0 Å². The van der Waals surface area contributed by atoms with E-state index in [2.05, 4.69) is 51.1 Å². The van der Waals surface area contributed by atoms with Gasteiger partial charge in [0.2, 0.25) is 0 Å². The molecule has 3 heteroatoms. The monoisotopic (exact) mass is 308 g/mol. The van der Waals surface area contributed by atoms with Gasteiger partial charge in [-0.25, -0.2) is 0 Å². The standard InChI is InChI=1S/C18H32O2Si/c1-4-7-15-19-21(17-9-6-3,20-16-8-5-2)18-13-11-10-12-14-18/h10-14H,4-9,15-17H2,1-3H3. The van der Waals surface area contributed by atoms with Gasteiger partial charge in [-0.1, -0.05) is 76.8 Å². The minimum Gasteiger partial charge on any atom is -0.391 e. The molecule has 0 fully saturated rings. The lowest BCUT2D eigenvalue weighted by atomic mass is 10.4. The second-order valence-electron chi connectivity index (χ2n) is 5.63. The maximum Gasteiger partial charge on any atom is 0.372 e. The Hall–Kier alpha value is -0.643. The van der Waals surface area contributed by atoms with E-state index in [1.807, 2.05) is 0 Å². The van der Waals surface area contributed by atoms with E-state index in [1.54, 1.807) is 0 Å². The van der Waals surface area contributed by atoms with E-state index in [1.165, 1.54) is 30.9 Å². The van der Waals surface area contributed by atoms with Crippen LogP contribution in [0.2, 0.25) is 6.04 Å². The van der Waals surface area contributed by atoms with Crippen LogP contribution in [0.15, 0.2) is 30.3 Å². The summed E-state index contributed by atoms with van der Waals surface area (Å²) in [5, 5.41) is 1.30. The molecule has 2 nitrogen and oxygen atoms in total. The van der Waals surface area contributed by atoms with Crippen LogP contribution in [0.3, 0.4) is 0 Å². The normalized spacial score (nSPS) is 11.8. The average molecular weight is 309 g/mol. The molecule has 0 aliphatic heterocycles. The Balaban J connectivity index is 2.89. The Morgan fingerprint density at radius 2 is 1.29 bits per heavy atom. The zero-order valence-corrected chi connectivity index (χ0v) is 15.1. The molecule has 0 atom stereocenters. The summed E-state index contributed by atoms with van der Waals surface area (Å²) in [5.74, 6) is 0. The highest BCUT2D eigenvalue weighted by Crippen LogP contribution is 2.19. The summed E-state index contributed by atoms with van der Waals surface area (Å²) in [6, 6.07) is 11.7. The summed E-state index contributed by atoms with van der Waals surface area (Å²) in [5.41, 5.74) is 0. The Morgan fingerprint density at radius 3 is 1.76 bits per heavy atom. The SMILES string of the molecule is CCCCO[Si](CCCC)(OCCCC)c1ccccc1. The second kappa shape index (κ2) is 11.0. The minimum atomic E-state index is -2.27. The lowest BCUT2D eigenvalue weighted by Gasteiger charge is -2.31. The van der Waals surface area contributed by atoms with Crippen LogP contribution in [-0.4, -0.2) is 21.8 Å². The zero-order valence-electron chi connectivity index (χ0n) is 14.1. The van der Waals surface area contributed by atoms with Gasteiger partial charge in [-0.3, -0.25) is 0 Å². The molecular formula is C18H32O2Si. The van der Waals surface area contributed by atoms with Crippen LogP contribution >= 0.6 is 0 Å². The van der Waals surface area contributed by atoms with E-state index in [9.17, 15) is 0 Å². The van der Waals surface area contributed by atoms with Gasteiger partial charge in [0.1, 0.15) is 0 Å². The summed E-state index contributed by atoms with van der Waals surface area (Å²) < 4.78 is 12.8. The first-order valence-electron chi connectivity index (χ1n) is 8.62. The molecule has 1 aromatic rings. The molecule has 0 amide bonds. The van der Waals surface area contributed by atoms with Crippen molar-refractivity contribution < 1.29 is 8.85 Å². The summed E-state index contributed by atoms with van der Waals surface area (Å²) >= 11 is 0. The number of hydrogen-bond acceptors (Lipinski definition) is 2. The first kappa shape index (κ1) is 18.4. The zero-order chi connectivity index (χ0) is 15.4. The highest BCUT2D eigenvalue weighted by atomic mass is 28.4. The van der Waals surface area contributed by atoms with Crippen molar-refractivity contribution in [3.8, 4) is 0 Å². The van der Waals surface area contributed by atoms with Crippen molar-refractivity contribution in [1.29, 1.82) is 0 Å². The van der Waals surface area contributed by atoms with E-state index in [-0.39, 0.29) is 0 Å². The van der Waals surface area contributed by atoms with Crippen molar-refractivity contribution in [1.82, 2.24) is 0 Å². The maximum atomic E-state index is 6.42. The smallest absolute Gasteiger partial charge is 0.372 e. The van der Waals surface area contributed by atoms with Crippen LogP contribution < -0.4 is 5.19 Å². The highest BCUT2D eigenvalue weighted by molar-refractivity contribution is 6.81. The third kappa shape index (κ3) is 6.33. The molecule has 0 bridgehead atoms. The second-order valence-corrected chi connectivity index (χ2v) is 8.79. The van der Waals surface area contributed by atoms with Gasteiger partial charge < -0.3 is 8.85 Å². The maximum absolute atomic E-state index is 6.42. The molecule has 0 saturated carbocycles. The van der Waals surface area contributed by atoms with Crippen molar-refractivity contribution in [2.75, 3.05) is 13.2 Å². The molecule has 120 valence electrons. The van der Waals surface area contributed by atoms with E-state index >= 15 is 0 Å². The molecule has 0 aliphatic carbocycles. The van der Waals surface area contributed by atoms with Gasteiger partial charge in [0, 0.05) is 13.2 Å². The molecule has 0 unspecified atom stereocenters. The van der Waals surface area contributed by atoms with E-state index in [0.29, 0.717) is 0 Å². The summed E-state index contributed by atoms with van der Waals surface area (Å²) in [6.45, 7) is 8.31. The van der Waals surface area contributed by atoms with Crippen molar-refractivity contribution in [2.45, 2.75) is 65.3 Å². The van der Waals surface area contributed by atoms with Crippen LogP contribution in [0, 0.1) is 0 Å². The van der Waals surface area contributed by atoms with Gasteiger partial charge in [-0.15, -0.1) is 0 Å². The first-order chi connectivity index (χ1) is 10.3. The molecule has 1 rings (SSSR count). The molecular weight excluding hydrogens is 276 g/mol. The summed E-state index contributed by atoms with van der Waals surface area (Å²) in [6.07, 6.45) is 6.94. The molecule has 0 saturated heterocycles. The molecule has 1 aromatic carbocycles. The fourth-order valence-electron chi connectivity index (χ4n) is 2.36. The third-order valence-corrected chi connectivity index (χ3v) is 7.30. The van der Waals surface area contributed by atoms with Crippen molar-refractivity contribution in [2.24, 2.45) is 0 Å². The molecule has 0 N–H and O–H groups in total. The first-order valence-corrected chi connectivity index (χ1v) is 10.6. The fraction of sp³-hybridized carbons (Fsp3) is 0.667. The van der Waals surface area contributed by atoms with E-state index < -0.39 is 8.56 Å². The predicted molar refractivity (Wildman–Crippen MR) is 93.3 cm³/mol. The van der Waals surface area contributed by atoms with Crippen molar-refractivity contribution in [3.05, 3.63) is 30.3 Å². The Labute approximate surface area is 132 Å². The third-order valence-electron chi connectivity index (χ3n) is 3.74. The van der Waals surface area contributed by atoms with Crippen LogP contribution in [0.4, 0.5) is 0 Å². The predicted octanol–water partition coefficient (Wildman–Crippen LogP) is 4.77. The number of benzene rings is 1. The minimum absolute atomic E-state index is 0.827. The Bertz CT molecular complexity index is 343. The van der Waals surface area contributed by atoms with Crippen LogP contribution in [0.5, 0.6) is 0 Å². The number of hydrogen-bond donors (Lipinski definition) is 0. The van der Waals surface area contributed by atoms with Gasteiger partial charge in [-0.05, 0) is 24.1 Å². The van der Waals surface area contributed by atoms with E-state index in [4.69, 9.17) is 8.85 Å². The van der Waals surface area contributed by atoms with Gasteiger partial charge in [-0.2, -0.15) is 0 Å². The summed E-state index contributed by atoms with van der Waals surface area (Å²) in [7, 11) is -2.27. The van der Waals surface area contributed by atoms with Crippen molar-refractivity contribution in [3.63, 3.8) is 0 Å². The van der Waals surface area contributed by atoms with Crippen molar-refractivity contribution >= 4 is 13.7 Å². The van der Waals surface area contributed by atoms with Gasteiger partial charge >= 0.3 is 8.56 Å². The van der Waals surface area contributed by atoms with Gasteiger partial charge in [0.05, 0.1) is 0 Å². The van der Waals surface area contributed by atoms with Crippen LogP contribution in [0.1, 0.15) is 59.3 Å². The quantitative estimate of drug-likeness (QED) is 0.409. The number of unbranched alkanes of at least 4 members (excludes halogenated alkanes) is 3. The largest absolute Gasteiger partial charge is 0.391 e. The average Bonchev–Trinajstić information content (AvgIpc) is 2.53. The molecule has 0 aliphatic rings. The molecule has 0 heterocycles. The lowest BCUT2D eigenvalue weighted by molar-refractivity contribution is 0.174. The molecule has 21 heavy (non-hydrogen) atoms. The van der Waals surface area contributed by atoms with Crippen LogP contribution in [0.25, 0.3) is 0 Å². The topological polar surface area (TPSA) is 18.5 Å². The Kier molecular flexibility index (Phi) is 9.64. The van der Waals surface area contributed by atoms with E-state index in [0.717, 1.165) is 32.1 Å².